The number of rotatable bonds is 22. The number of aliphatic hydroxyl groups is 1. The first-order valence-corrected chi connectivity index (χ1v) is 15.4. The third-order valence-electron chi connectivity index (χ3n) is 8.77. The fourth-order valence-corrected chi connectivity index (χ4v) is 5.93. The van der Waals surface area contributed by atoms with Crippen molar-refractivity contribution < 1.29 is 9.90 Å². The van der Waals surface area contributed by atoms with E-state index in [-0.39, 0.29) is 11.7 Å². The summed E-state index contributed by atoms with van der Waals surface area (Å²) in [5.41, 5.74) is 3.06. The van der Waals surface area contributed by atoms with Gasteiger partial charge in [-0.15, -0.1) is 0 Å². The second kappa shape index (κ2) is 18.1. The smallest absolute Gasteiger partial charge is 0.251 e. The molecule has 0 aromatic heterocycles. The van der Waals surface area contributed by atoms with E-state index in [9.17, 15) is 9.90 Å². The standard InChI is InChI=1S/C34H60N4O2/c1-12-26(5)34(31(13-2)23-30(9)39)37(11)29(8)24-35-21-20-32(25(3)4)36(10)27(6)17-15-14-16-22-38-28(7)18-19-33(38)40/h18-19,25-26,31-32,34-35,39H,6-9,12-17,20-24H2,1-5,10-11H3. The number of nitrogens with one attached hydrogen (secondary N) is 1. The van der Waals surface area contributed by atoms with Gasteiger partial charge in [0.2, 0.25) is 0 Å². The fourth-order valence-electron chi connectivity index (χ4n) is 5.93. The molecular weight excluding hydrogens is 496 g/mol. The minimum Gasteiger partial charge on any atom is -0.513 e. The summed E-state index contributed by atoms with van der Waals surface area (Å²) >= 11 is 0. The minimum absolute atomic E-state index is 0.0474. The molecule has 1 amide bonds. The molecule has 0 bridgehead atoms. The molecule has 1 heterocycles. The molecule has 0 saturated carbocycles. The lowest BCUT2D eigenvalue weighted by Gasteiger charge is -2.40. The van der Waals surface area contributed by atoms with Crippen molar-refractivity contribution in [2.75, 3.05) is 33.7 Å². The molecule has 40 heavy (non-hydrogen) atoms. The number of hydrogen-bond donors (Lipinski definition) is 2. The van der Waals surface area contributed by atoms with Gasteiger partial charge in [-0.2, -0.15) is 0 Å². The molecule has 228 valence electrons. The van der Waals surface area contributed by atoms with Crippen LogP contribution in [0.1, 0.15) is 86.0 Å². The molecule has 2 N–H and O–H groups in total. The van der Waals surface area contributed by atoms with E-state index in [1.807, 2.05) is 0 Å². The molecule has 0 aromatic carbocycles. The van der Waals surface area contributed by atoms with Crippen molar-refractivity contribution in [2.24, 2.45) is 17.8 Å². The SMILES string of the molecule is C=C(O)CC(CC)C(C(C)CC)N(C)C(=C)CNCCC(C(C)C)N(C)C(=C)CCCCCN1C(=C)C=CC1=O. The van der Waals surface area contributed by atoms with Crippen LogP contribution in [0.5, 0.6) is 0 Å². The number of nitrogens with zero attached hydrogens (tertiary/aromatic N) is 3. The summed E-state index contributed by atoms with van der Waals surface area (Å²) in [6.45, 7) is 30.2. The second-order valence-electron chi connectivity index (χ2n) is 12.1. The maximum absolute atomic E-state index is 11.8. The zero-order valence-corrected chi connectivity index (χ0v) is 26.8. The van der Waals surface area contributed by atoms with E-state index in [1.54, 1.807) is 17.1 Å². The van der Waals surface area contributed by atoms with E-state index in [1.165, 1.54) is 5.70 Å². The molecule has 0 saturated heterocycles. The summed E-state index contributed by atoms with van der Waals surface area (Å²) in [6, 6.07) is 0.730. The molecule has 0 radical (unpaired) electrons. The highest BCUT2D eigenvalue weighted by molar-refractivity contribution is 5.92. The first kappa shape index (κ1) is 35.6. The number of hydrogen-bond acceptors (Lipinski definition) is 5. The van der Waals surface area contributed by atoms with E-state index >= 15 is 0 Å². The van der Waals surface area contributed by atoms with E-state index < -0.39 is 0 Å². The Morgan fingerprint density at radius 2 is 1.68 bits per heavy atom. The van der Waals surface area contributed by atoms with Gasteiger partial charge in [0, 0.05) is 68.9 Å². The molecule has 0 aromatic rings. The summed E-state index contributed by atoms with van der Waals surface area (Å²) in [4.78, 5) is 18.3. The van der Waals surface area contributed by atoms with Crippen LogP contribution in [-0.4, -0.2) is 71.5 Å². The van der Waals surface area contributed by atoms with Gasteiger partial charge in [0.15, 0.2) is 0 Å². The Morgan fingerprint density at radius 3 is 2.20 bits per heavy atom. The van der Waals surface area contributed by atoms with Gasteiger partial charge in [-0.1, -0.05) is 80.2 Å². The lowest BCUT2D eigenvalue weighted by molar-refractivity contribution is -0.123. The first-order valence-electron chi connectivity index (χ1n) is 15.4. The van der Waals surface area contributed by atoms with Crippen LogP contribution in [0.4, 0.5) is 0 Å². The van der Waals surface area contributed by atoms with Crippen LogP contribution in [0.15, 0.2) is 61.3 Å². The van der Waals surface area contributed by atoms with Crippen molar-refractivity contribution in [2.45, 2.75) is 98.1 Å². The van der Waals surface area contributed by atoms with E-state index in [4.69, 9.17) is 0 Å². The molecule has 1 aliphatic heterocycles. The topological polar surface area (TPSA) is 59.1 Å². The van der Waals surface area contributed by atoms with Crippen LogP contribution in [0.2, 0.25) is 0 Å². The second-order valence-corrected chi connectivity index (χ2v) is 12.1. The molecule has 6 nitrogen and oxygen atoms in total. The fraction of sp³-hybridized carbons (Fsp3) is 0.676. The van der Waals surface area contributed by atoms with Crippen LogP contribution in [0.25, 0.3) is 0 Å². The number of likely N-dealkylation sites (N-methyl/N-ethyl adjacent to an activating group) is 1. The van der Waals surface area contributed by atoms with Crippen molar-refractivity contribution in [3.05, 3.63) is 61.3 Å². The largest absolute Gasteiger partial charge is 0.513 e. The van der Waals surface area contributed by atoms with Crippen molar-refractivity contribution in [1.29, 1.82) is 0 Å². The Morgan fingerprint density at radius 1 is 1.00 bits per heavy atom. The number of aliphatic hydroxyl groups excluding tert-OH is 1. The van der Waals surface area contributed by atoms with E-state index in [2.05, 4.69) is 90.1 Å². The predicted molar refractivity (Wildman–Crippen MR) is 172 cm³/mol. The van der Waals surface area contributed by atoms with Gasteiger partial charge in [0.05, 0.1) is 5.76 Å². The third kappa shape index (κ3) is 11.2. The lowest BCUT2D eigenvalue weighted by Crippen LogP contribution is -2.44. The molecule has 4 unspecified atom stereocenters. The van der Waals surface area contributed by atoms with Gasteiger partial charge < -0.3 is 25.1 Å². The lowest BCUT2D eigenvalue weighted by atomic mass is 9.82. The molecule has 4 atom stereocenters. The Labute approximate surface area is 246 Å². The molecule has 0 aliphatic carbocycles. The van der Waals surface area contributed by atoms with Gasteiger partial charge >= 0.3 is 0 Å². The monoisotopic (exact) mass is 556 g/mol. The summed E-state index contributed by atoms with van der Waals surface area (Å²) in [5.74, 6) is 1.67. The summed E-state index contributed by atoms with van der Waals surface area (Å²) in [7, 11) is 4.32. The zero-order chi connectivity index (χ0) is 30.4. The predicted octanol–water partition coefficient (Wildman–Crippen LogP) is 7.26. The van der Waals surface area contributed by atoms with Crippen molar-refractivity contribution in [3.8, 4) is 0 Å². The quantitative estimate of drug-likeness (QED) is 0.109. The van der Waals surface area contributed by atoms with Crippen LogP contribution in [-0.2, 0) is 4.79 Å². The van der Waals surface area contributed by atoms with Crippen molar-refractivity contribution in [1.82, 2.24) is 20.0 Å². The molecule has 0 spiro atoms. The Bertz CT molecular complexity index is 859. The number of allylic oxidation sites excluding steroid dienone is 3. The van der Waals surface area contributed by atoms with Gasteiger partial charge in [-0.25, -0.2) is 0 Å². The maximum Gasteiger partial charge on any atom is 0.251 e. The van der Waals surface area contributed by atoms with Gasteiger partial charge in [-0.05, 0) is 56.1 Å². The molecule has 1 rings (SSSR count). The molecule has 6 heteroatoms. The summed E-state index contributed by atoms with van der Waals surface area (Å²) in [6.07, 6.45) is 11.2. The highest BCUT2D eigenvalue weighted by Crippen LogP contribution is 2.30. The van der Waals surface area contributed by atoms with Gasteiger partial charge in [0.1, 0.15) is 0 Å². The molecule has 1 aliphatic rings. The molecular formula is C34H60N4O2. The Kier molecular flexibility index (Phi) is 16.1. The number of carbonyl (C=O) groups excluding carboxylic acids is 1. The first-order chi connectivity index (χ1) is 18.8. The number of amides is 1. The third-order valence-corrected chi connectivity index (χ3v) is 8.77. The maximum atomic E-state index is 11.8. The molecule has 0 fully saturated rings. The van der Waals surface area contributed by atoms with Crippen LogP contribution < -0.4 is 5.32 Å². The van der Waals surface area contributed by atoms with Crippen LogP contribution in [0.3, 0.4) is 0 Å². The highest BCUT2D eigenvalue weighted by Gasteiger charge is 2.29. The van der Waals surface area contributed by atoms with Crippen molar-refractivity contribution >= 4 is 5.91 Å². The normalized spacial score (nSPS) is 16.2. The minimum atomic E-state index is 0.0474. The van der Waals surface area contributed by atoms with Crippen LogP contribution in [0, 0.1) is 17.8 Å². The average Bonchev–Trinajstić information content (AvgIpc) is 3.23. The summed E-state index contributed by atoms with van der Waals surface area (Å²) < 4.78 is 0. The zero-order valence-electron chi connectivity index (χ0n) is 26.8. The highest BCUT2D eigenvalue weighted by atomic mass is 16.3. The van der Waals surface area contributed by atoms with Crippen molar-refractivity contribution in [3.63, 3.8) is 0 Å². The van der Waals surface area contributed by atoms with Crippen LogP contribution >= 0.6 is 0 Å². The van der Waals surface area contributed by atoms with E-state index in [0.717, 1.165) is 76.0 Å². The summed E-state index contributed by atoms with van der Waals surface area (Å²) in [5, 5.41) is 13.5. The van der Waals surface area contributed by atoms with Gasteiger partial charge in [0.25, 0.3) is 5.91 Å². The average molecular weight is 557 g/mol. The Balaban J connectivity index is 2.52. The Hall–Kier alpha value is -2.47. The number of unbranched alkanes of at least 4 members (excludes halogenated alkanes) is 2. The number of carbonyl (C=O) groups is 1. The van der Waals surface area contributed by atoms with E-state index in [0.29, 0.717) is 36.3 Å². The van der Waals surface area contributed by atoms with Gasteiger partial charge in [-0.3, -0.25) is 4.79 Å².